The lowest BCUT2D eigenvalue weighted by molar-refractivity contribution is 0.605. The van der Waals surface area contributed by atoms with Gasteiger partial charge in [0.15, 0.2) is 0 Å². The fraction of sp³-hybridized carbons (Fsp3) is 0.308. The second kappa shape index (κ2) is 5.72. The van der Waals surface area contributed by atoms with Crippen molar-refractivity contribution >= 4 is 23.2 Å². The molecule has 1 heterocycles. The third-order valence-electron chi connectivity index (χ3n) is 2.74. The zero-order chi connectivity index (χ0) is 13.1. The molecule has 1 aromatic carbocycles. The largest absolute Gasteiger partial charge is 0.233 e. The van der Waals surface area contributed by atoms with Gasteiger partial charge in [-0.3, -0.25) is 0 Å². The van der Waals surface area contributed by atoms with Crippen molar-refractivity contribution in [3.05, 3.63) is 46.5 Å². The summed E-state index contributed by atoms with van der Waals surface area (Å²) in [7, 11) is 0. The van der Waals surface area contributed by atoms with E-state index < -0.39 is 0 Å². The standard InChI is InChI=1S/C13H13Cl2FN2/c1-2-4-12-9(7-14)8-17-18(12)13-10(15)5-3-6-11(13)16/h3,5-6,8H,2,4,7H2,1H3. The van der Waals surface area contributed by atoms with E-state index in [4.69, 9.17) is 23.2 Å². The minimum Gasteiger partial charge on any atom is -0.233 e. The Morgan fingerprint density at radius 2 is 2.17 bits per heavy atom. The van der Waals surface area contributed by atoms with E-state index in [2.05, 4.69) is 12.0 Å². The summed E-state index contributed by atoms with van der Waals surface area (Å²) in [6.07, 6.45) is 3.38. The van der Waals surface area contributed by atoms with Crippen LogP contribution in [0.4, 0.5) is 4.39 Å². The molecule has 0 bridgehead atoms. The first-order valence-corrected chi connectivity index (χ1v) is 6.66. The molecule has 18 heavy (non-hydrogen) atoms. The molecule has 0 aliphatic rings. The van der Waals surface area contributed by atoms with Crippen LogP contribution in [0, 0.1) is 5.82 Å². The molecule has 2 nitrogen and oxygen atoms in total. The molecule has 0 saturated carbocycles. The fourth-order valence-corrected chi connectivity index (χ4v) is 2.37. The molecule has 0 unspecified atom stereocenters. The fourth-order valence-electron chi connectivity index (χ4n) is 1.91. The molecule has 0 atom stereocenters. The van der Waals surface area contributed by atoms with E-state index >= 15 is 0 Å². The minimum atomic E-state index is -0.385. The number of hydrogen-bond acceptors (Lipinski definition) is 1. The Bertz CT molecular complexity index is 532. The van der Waals surface area contributed by atoms with E-state index in [0.29, 0.717) is 16.6 Å². The number of rotatable bonds is 4. The Hall–Kier alpha value is -1.06. The van der Waals surface area contributed by atoms with Gasteiger partial charge in [0, 0.05) is 11.3 Å². The quantitative estimate of drug-likeness (QED) is 0.764. The maximum absolute atomic E-state index is 13.9. The molecule has 2 rings (SSSR count). The molecule has 0 aliphatic carbocycles. The van der Waals surface area contributed by atoms with Crippen LogP contribution in [0.3, 0.4) is 0 Å². The molecule has 0 spiro atoms. The summed E-state index contributed by atoms with van der Waals surface area (Å²) in [5.74, 6) is -0.0226. The highest BCUT2D eigenvalue weighted by Gasteiger charge is 2.16. The highest BCUT2D eigenvalue weighted by Crippen LogP contribution is 2.26. The summed E-state index contributed by atoms with van der Waals surface area (Å²) < 4.78 is 15.4. The predicted molar refractivity (Wildman–Crippen MR) is 72.1 cm³/mol. The Kier molecular flexibility index (Phi) is 4.25. The number of benzene rings is 1. The smallest absolute Gasteiger partial charge is 0.150 e. The van der Waals surface area contributed by atoms with Gasteiger partial charge in [-0.1, -0.05) is 31.0 Å². The number of nitrogens with zero attached hydrogens (tertiary/aromatic N) is 2. The van der Waals surface area contributed by atoms with Crippen molar-refractivity contribution in [1.82, 2.24) is 9.78 Å². The Balaban J connectivity index is 2.60. The van der Waals surface area contributed by atoms with E-state index in [9.17, 15) is 4.39 Å². The molecule has 2 aromatic rings. The van der Waals surface area contributed by atoms with Crippen molar-refractivity contribution in [2.75, 3.05) is 0 Å². The topological polar surface area (TPSA) is 17.8 Å². The first-order valence-electron chi connectivity index (χ1n) is 5.75. The lowest BCUT2D eigenvalue weighted by Crippen LogP contribution is -2.06. The average molecular weight is 287 g/mol. The van der Waals surface area contributed by atoms with Gasteiger partial charge in [0.05, 0.1) is 17.1 Å². The third kappa shape index (κ3) is 2.38. The van der Waals surface area contributed by atoms with E-state index in [1.807, 2.05) is 0 Å². The summed E-state index contributed by atoms with van der Waals surface area (Å²) in [5, 5.41) is 4.55. The molecule has 1 aromatic heterocycles. The number of halogens is 3. The monoisotopic (exact) mass is 286 g/mol. The predicted octanol–water partition coefficient (Wildman–Crippen LogP) is 4.36. The second-order valence-corrected chi connectivity index (χ2v) is 4.66. The van der Waals surface area contributed by atoms with E-state index in [1.54, 1.807) is 23.0 Å². The van der Waals surface area contributed by atoms with Gasteiger partial charge < -0.3 is 0 Å². The number of hydrogen-bond donors (Lipinski definition) is 0. The molecular formula is C13H13Cl2FN2. The van der Waals surface area contributed by atoms with Gasteiger partial charge in [-0.15, -0.1) is 11.6 Å². The maximum atomic E-state index is 13.9. The van der Waals surface area contributed by atoms with Crippen LogP contribution in [-0.4, -0.2) is 9.78 Å². The van der Waals surface area contributed by atoms with Crippen LogP contribution in [0.25, 0.3) is 5.69 Å². The van der Waals surface area contributed by atoms with Gasteiger partial charge in [-0.25, -0.2) is 9.07 Å². The first kappa shape index (κ1) is 13.4. The third-order valence-corrected chi connectivity index (χ3v) is 3.33. The Morgan fingerprint density at radius 3 is 2.78 bits per heavy atom. The molecule has 0 N–H and O–H groups in total. The highest BCUT2D eigenvalue weighted by atomic mass is 35.5. The number of para-hydroxylation sites is 1. The van der Waals surface area contributed by atoms with Gasteiger partial charge in [0.25, 0.3) is 0 Å². The van der Waals surface area contributed by atoms with E-state index in [-0.39, 0.29) is 5.82 Å². The highest BCUT2D eigenvalue weighted by molar-refractivity contribution is 6.32. The lowest BCUT2D eigenvalue weighted by Gasteiger charge is -2.10. The van der Waals surface area contributed by atoms with Crippen LogP contribution in [0.15, 0.2) is 24.4 Å². The van der Waals surface area contributed by atoms with Gasteiger partial charge in [-0.05, 0) is 18.6 Å². The molecule has 96 valence electrons. The Morgan fingerprint density at radius 1 is 1.39 bits per heavy atom. The summed E-state index contributed by atoms with van der Waals surface area (Å²) in [6, 6.07) is 4.60. The summed E-state index contributed by atoms with van der Waals surface area (Å²) >= 11 is 11.9. The lowest BCUT2D eigenvalue weighted by atomic mass is 10.1. The Labute approximate surface area is 115 Å². The van der Waals surface area contributed by atoms with Crippen LogP contribution < -0.4 is 0 Å². The number of aromatic nitrogens is 2. The average Bonchev–Trinajstić information content (AvgIpc) is 2.73. The maximum Gasteiger partial charge on any atom is 0.150 e. The van der Waals surface area contributed by atoms with Crippen molar-refractivity contribution in [3.63, 3.8) is 0 Å². The SMILES string of the molecule is CCCc1c(CCl)cnn1-c1c(F)cccc1Cl. The van der Waals surface area contributed by atoms with Gasteiger partial charge >= 0.3 is 0 Å². The minimum absolute atomic E-state index is 0.291. The zero-order valence-corrected chi connectivity index (χ0v) is 11.5. The molecule has 0 fully saturated rings. The van der Waals surface area contributed by atoms with Crippen LogP contribution in [0.2, 0.25) is 5.02 Å². The molecule has 0 aliphatic heterocycles. The molecule has 0 saturated heterocycles. The van der Waals surface area contributed by atoms with Gasteiger partial charge in [0.1, 0.15) is 11.5 Å². The van der Waals surface area contributed by atoms with Gasteiger partial charge in [0.2, 0.25) is 0 Å². The number of alkyl halides is 1. The molecule has 5 heteroatoms. The van der Waals surface area contributed by atoms with Gasteiger partial charge in [-0.2, -0.15) is 5.10 Å². The second-order valence-electron chi connectivity index (χ2n) is 3.98. The van der Waals surface area contributed by atoms with Crippen LogP contribution in [-0.2, 0) is 12.3 Å². The summed E-state index contributed by atoms with van der Waals surface area (Å²) in [5.41, 5.74) is 2.12. The van der Waals surface area contributed by atoms with Crippen LogP contribution in [0.5, 0.6) is 0 Å². The van der Waals surface area contributed by atoms with Crippen LogP contribution >= 0.6 is 23.2 Å². The molecular weight excluding hydrogens is 274 g/mol. The van der Waals surface area contributed by atoms with Crippen molar-refractivity contribution in [3.8, 4) is 5.69 Å². The normalized spacial score (nSPS) is 10.9. The van der Waals surface area contributed by atoms with Crippen molar-refractivity contribution < 1.29 is 4.39 Å². The first-order chi connectivity index (χ1) is 8.69. The van der Waals surface area contributed by atoms with E-state index in [1.165, 1.54) is 6.07 Å². The molecule has 0 amide bonds. The zero-order valence-electron chi connectivity index (χ0n) is 9.96. The van der Waals surface area contributed by atoms with Crippen molar-refractivity contribution in [1.29, 1.82) is 0 Å². The van der Waals surface area contributed by atoms with Crippen molar-refractivity contribution in [2.24, 2.45) is 0 Å². The summed E-state index contributed by atoms with van der Waals surface area (Å²) in [4.78, 5) is 0. The van der Waals surface area contributed by atoms with E-state index in [0.717, 1.165) is 24.1 Å². The van der Waals surface area contributed by atoms with Crippen LogP contribution in [0.1, 0.15) is 24.6 Å². The van der Waals surface area contributed by atoms with Crippen molar-refractivity contribution in [2.45, 2.75) is 25.6 Å². The molecule has 0 radical (unpaired) electrons. The summed E-state index contributed by atoms with van der Waals surface area (Å²) in [6.45, 7) is 2.05.